The average molecular weight is 850 g/mol. The number of amides is 1. The van der Waals surface area contributed by atoms with Crippen LogP contribution in [0.25, 0.3) is 0 Å². The van der Waals surface area contributed by atoms with Crippen LogP contribution in [0.4, 0.5) is 0 Å². The van der Waals surface area contributed by atoms with Gasteiger partial charge in [0.15, 0.2) is 6.29 Å². The third-order valence-electron chi connectivity index (χ3n) is 10.9. The number of rotatable bonds is 39. The minimum Gasteiger partial charge on any atom is -0.466 e. The molecule has 0 aromatic rings. The van der Waals surface area contributed by atoms with Crippen LogP contribution in [0, 0.1) is 0 Å². The highest BCUT2D eigenvalue weighted by molar-refractivity contribution is 5.76. The average Bonchev–Trinajstić information content (AvgIpc) is 3.24. The molecule has 11 heteroatoms. The van der Waals surface area contributed by atoms with Gasteiger partial charge < -0.3 is 45.1 Å². The minimum atomic E-state index is -1.59. The van der Waals surface area contributed by atoms with E-state index in [0.717, 1.165) is 89.9 Å². The number of aliphatic hydroxyl groups is 5. The monoisotopic (exact) mass is 850 g/mol. The zero-order valence-corrected chi connectivity index (χ0v) is 37.7. The van der Waals surface area contributed by atoms with Crippen molar-refractivity contribution < 1.29 is 49.3 Å². The molecular weight excluding hydrogens is 763 g/mol. The molecule has 6 N–H and O–H groups in total. The Morgan fingerprint density at radius 1 is 0.600 bits per heavy atom. The lowest BCUT2D eigenvalue weighted by molar-refractivity contribution is -0.302. The van der Waals surface area contributed by atoms with Gasteiger partial charge in [-0.05, 0) is 96.3 Å². The Balaban J connectivity index is 2.22. The second-order valence-electron chi connectivity index (χ2n) is 16.4. The zero-order valence-electron chi connectivity index (χ0n) is 37.7. The highest BCUT2D eigenvalue weighted by atomic mass is 16.7. The van der Waals surface area contributed by atoms with E-state index in [1.807, 2.05) is 6.08 Å². The topological polar surface area (TPSA) is 175 Å². The van der Waals surface area contributed by atoms with Gasteiger partial charge in [-0.2, -0.15) is 0 Å². The third-order valence-corrected chi connectivity index (χ3v) is 10.9. The number of carbonyl (C=O) groups is 2. The van der Waals surface area contributed by atoms with Crippen molar-refractivity contribution in [3.8, 4) is 0 Å². The molecule has 0 saturated carbocycles. The van der Waals surface area contributed by atoms with Gasteiger partial charge in [0.05, 0.1) is 32.0 Å². The maximum absolute atomic E-state index is 12.9. The van der Waals surface area contributed by atoms with Crippen LogP contribution < -0.4 is 5.32 Å². The first-order valence-corrected chi connectivity index (χ1v) is 23.9. The number of hydrogen-bond acceptors (Lipinski definition) is 10. The van der Waals surface area contributed by atoms with E-state index in [4.69, 9.17) is 14.2 Å². The van der Waals surface area contributed by atoms with Crippen molar-refractivity contribution in [3.63, 3.8) is 0 Å². The van der Waals surface area contributed by atoms with Gasteiger partial charge in [0.25, 0.3) is 0 Å². The van der Waals surface area contributed by atoms with Gasteiger partial charge in [0.2, 0.25) is 5.91 Å². The molecule has 1 amide bonds. The number of carbonyl (C=O) groups excluding carboxylic acids is 2. The van der Waals surface area contributed by atoms with Crippen LogP contribution in [0.5, 0.6) is 0 Å². The van der Waals surface area contributed by atoms with E-state index in [9.17, 15) is 35.1 Å². The molecule has 0 aromatic carbocycles. The summed E-state index contributed by atoms with van der Waals surface area (Å²) in [5.41, 5.74) is 0. The summed E-state index contributed by atoms with van der Waals surface area (Å²) in [5, 5.41) is 53.9. The molecule has 60 heavy (non-hydrogen) atoms. The molecule has 0 spiro atoms. The summed E-state index contributed by atoms with van der Waals surface area (Å²) in [6.07, 6.45) is 36.3. The van der Waals surface area contributed by atoms with Crippen LogP contribution in [-0.4, -0.2) is 100 Å². The third kappa shape index (κ3) is 29.8. The van der Waals surface area contributed by atoms with Crippen LogP contribution in [-0.2, 0) is 23.8 Å². The van der Waals surface area contributed by atoms with E-state index in [1.54, 1.807) is 6.08 Å². The van der Waals surface area contributed by atoms with Crippen molar-refractivity contribution in [2.75, 3.05) is 19.8 Å². The predicted molar refractivity (Wildman–Crippen MR) is 241 cm³/mol. The maximum Gasteiger partial charge on any atom is 0.305 e. The fraction of sp³-hybridized carbons (Fsp3) is 0.796. The van der Waals surface area contributed by atoms with Crippen LogP contribution in [0.3, 0.4) is 0 Å². The van der Waals surface area contributed by atoms with Gasteiger partial charge in [0.1, 0.15) is 24.4 Å². The van der Waals surface area contributed by atoms with Crippen molar-refractivity contribution in [1.29, 1.82) is 0 Å². The molecule has 0 bridgehead atoms. The standard InChI is InChI=1S/C49H87NO10/c1-3-5-7-9-11-13-16-21-25-29-33-37-45(54)58-38-34-30-26-22-18-15-14-17-20-24-28-32-36-44(53)50-41(42(52)35-31-27-23-19-12-10-8-6-4-2)40-59-49-48(57)47(56)46(55)43(39-51)60-49/h9,11-12,15,18-19,31,35,41-43,46-49,51-52,55-57H,3-8,10,13-14,16-17,20-30,32-34,36-40H2,1-2H3,(H,50,53)/b11-9-,18-15-,19-12+,35-31+. The molecule has 7 unspecified atom stereocenters. The number of ether oxygens (including phenoxy) is 3. The molecule has 1 aliphatic heterocycles. The van der Waals surface area contributed by atoms with E-state index in [1.165, 1.54) is 64.2 Å². The minimum absolute atomic E-state index is 0.0607. The van der Waals surface area contributed by atoms with Crippen LogP contribution in [0.1, 0.15) is 187 Å². The summed E-state index contributed by atoms with van der Waals surface area (Å²) >= 11 is 0. The Morgan fingerprint density at radius 3 is 1.70 bits per heavy atom. The quantitative estimate of drug-likeness (QED) is 0.0199. The highest BCUT2D eigenvalue weighted by Crippen LogP contribution is 2.22. The Morgan fingerprint density at radius 2 is 1.10 bits per heavy atom. The van der Waals surface area contributed by atoms with Crippen molar-refractivity contribution in [3.05, 3.63) is 48.6 Å². The summed E-state index contributed by atoms with van der Waals surface area (Å²) < 4.78 is 16.5. The van der Waals surface area contributed by atoms with Gasteiger partial charge in [-0.1, -0.05) is 127 Å². The number of nitrogens with one attached hydrogen (secondary N) is 1. The molecule has 1 rings (SSSR count). The smallest absolute Gasteiger partial charge is 0.305 e. The molecule has 1 fully saturated rings. The number of unbranched alkanes of at least 4 members (excludes halogenated alkanes) is 19. The first kappa shape index (κ1) is 55.6. The van der Waals surface area contributed by atoms with E-state index in [2.05, 4.69) is 55.6 Å². The first-order valence-electron chi connectivity index (χ1n) is 23.9. The fourth-order valence-corrected chi connectivity index (χ4v) is 6.95. The fourth-order valence-electron chi connectivity index (χ4n) is 6.95. The lowest BCUT2D eigenvalue weighted by Gasteiger charge is -2.40. The van der Waals surface area contributed by atoms with Gasteiger partial charge in [-0.3, -0.25) is 9.59 Å². The molecule has 7 atom stereocenters. The van der Waals surface area contributed by atoms with Gasteiger partial charge in [-0.15, -0.1) is 0 Å². The molecule has 348 valence electrons. The molecule has 0 aliphatic carbocycles. The second kappa shape index (κ2) is 39.5. The molecule has 1 aliphatic rings. The Kier molecular flexibility index (Phi) is 36.6. The lowest BCUT2D eigenvalue weighted by Crippen LogP contribution is -2.60. The number of allylic oxidation sites excluding steroid dienone is 7. The molecule has 0 radical (unpaired) electrons. The van der Waals surface area contributed by atoms with Crippen molar-refractivity contribution in [2.24, 2.45) is 0 Å². The van der Waals surface area contributed by atoms with Crippen molar-refractivity contribution >= 4 is 11.9 Å². The van der Waals surface area contributed by atoms with Crippen LogP contribution in [0.15, 0.2) is 48.6 Å². The SMILES string of the molecule is CCCC/C=C\CCCCCCCC(=O)OCCCCC/C=C\CCCCCCCC(=O)NC(COC1OC(CO)C(O)C(O)C1O)C(O)/C=C/CC/C=C/CCCCC. The van der Waals surface area contributed by atoms with Crippen molar-refractivity contribution in [1.82, 2.24) is 5.32 Å². The van der Waals surface area contributed by atoms with Crippen LogP contribution >= 0.6 is 0 Å². The van der Waals surface area contributed by atoms with Gasteiger partial charge in [0, 0.05) is 12.8 Å². The number of aliphatic hydroxyl groups excluding tert-OH is 5. The van der Waals surface area contributed by atoms with Crippen molar-refractivity contribution in [2.45, 2.75) is 230 Å². The Hall–Kier alpha value is -2.38. The molecule has 1 heterocycles. The number of esters is 1. The largest absolute Gasteiger partial charge is 0.466 e. The van der Waals surface area contributed by atoms with E-state index < -0.39 is 49.5 Å². The Labute approximate surface area is 364 Å². The van der Waals surface area contributed by atoms with E-state index >= 15 is 0 Å². The van der Waals surface area contributed by atoms with E-state index in [0.29, 0.717) is 25.9 Å². The zero-order chi connectivity index (χ0) is 43.9. The summed E-state index contributed by atoms with van der Waals surface area (Å²) in [7, 11) is 0. The maximum atomic E-state index is 12.9. The summed E-state index contributed by atoms with van der Waals surface area (Å²) in [5.74, 6) is -0.284. The summed E-state index contributed by atoms with van der Waals surface area (Å²) in [6.45, 7) is 4.12. The Bertz CT molecular complexity index is 1140. The highest BCUT2D eigenvalue weighted by Gasteiger charge is 2.44. The van der Waals surface area contributed by atoms with Gasteiger partial charge >= 0.3 is 5.97 Å². The van der Waals surface area contributed by atoms with Crippen LogP contribution in [0.2, 0.25) is 0 Å². The lowest BCUT2D eigenvalue weighted by atomic mass is 9.99. The second-order valence-corrected chi connectivity index (χ2v) is 16.4. The predicted octanol–water partition coefficient (Wildman–Crippen LogP) is 8.99. The number of hydrogen-bond donors (Lipinski definition) is 6. The molecule has 0 aromatic heterocycles. The van der Waals surface area contributed by atoms with Gasteiger partial charge in [-0.25, -0.2) is 0 Å². The normalized spacial score (nSPS) is 20.8. The summed E-state index contributed by atoms with van der Waals surface area (Å²) in [6, 6.07) is -0.845. The first-order chi connectivity index (χ1) is 29.2. The molecule has 11 nitrogen and oxygen atoms in total. The molecular formula is C49H87NO10. The summed E-state index contributed by atoms with van der Waals surface area (Å²) in [4.78, 5) is 24.9. The van der Waals surface area contributed by atoms with E-state index in [-0.39, 0.29) is 18.5 Å². The molecule has 1 saturated heterocycles.